The van der Waals surface area contributed by atoms with Gasteiger partial charge in [-0.25, -0.2) is 9.59 Å². The second-order valence-electron chi connectivity index (χ2n) is 17.1. The number of amides is 1. The number of nitrogens with one attached hydrogen (secondary N) is 1. The topological polar surface area (TPSA) is 137 Å². The molecule has 1 saturated heterocycles. The molecule has 0 bridgehead atoms. The molecule has 1 amide bonds. The van der Waals surface area contributed by atoms with E-state index in [0.717, 1.165) is 33.4 Å². The zero-order valence-corrected chi connectivity index (χ0v) is 40.1. The molecule has 0 unspecified atom stereocenters. The van der Waals surface area contributed by atoms with Crippen LogP contribution in [-0.4, -0.2) is 73.7 Å². The van der Waals surface area contributed by atoms with Crippen molar-refractivity contribution in [2.24, 2.45) is 0 Å². The standard InChI is InChI=1S/C58H63NO11/c1-4-64-56(61)58(59-42(3)60,57(62)65-5-2)35-48-31-32-49(50(33-48)66-37-44-23-13-7-14-24-44)34-51-53(67-38-45-25-15-8-16-26-45)55(69-40-47-29-19-10-20-30-47)54(68-39-46-27-17-9-18-28-46)52(70-51)41-63-36-43-21-11-6-12-22-43/h6-33,51-55H,4-5,34-41H2,1-3H3,(H,59,60)/t51-,52-,53+,54-,55-/m1/s1. The highest BCUT2D eigenvalue weighted by atomic mass is 16.6. The maximum Gasteiger partial charge on any atom is 0.344 e. The summed E-state index contributed by atoms with van der Waals surface area (Å²) in [6.07, 6.45) is -3.23. The second kappa shape index (κ2) is 26.3. The monoisotopic (exact) mass is 949 g/mol. The maximum atomic E-state index is 13.7. The van der Waals surface area contributed by atoms with Gasteiger partial charge in [-0.3, -0.25) is 4.79 Å². The molecule has 0 aliphatic carbocycles. The molecule has 0 spiro atoms. The summed E-state index contributed by atoms with van der Waals surface area (Å²) in [5.74, 6) is -2.00. The Balaban J connectivity index is 1.30. The lowest BCUT2D eigenvalue weighted by atomic mass is 9.88. The molecule has 0 radical (unpaired) electrons. The molecule has 1 aliphatic rings. The maximum absolute atomic E-state index is 13.7. The minimum absolute atomic E-state index is 0.0225. The summed E-state index contributed by atoms with van der Waals surface area (Å²) in [4.78, 5) is 40.2. The Morgan fingerprint density at radius 1 is 0.514 bits per heavy atom. The quantitative estimate of drug-likeness (QED) is 0.0435. The Morgan fingerprint density at radius 3 is 1.40 bits per heavy atom. The van der Waals surface area contributed by atoms with Crippen LogP contribution in [0.5, 0.6) is 5.75 Å². The number of benzene rings is 6. The van der Waals surface area contributed by atoms with Crippen LogP contribution in [0.1, 0.15) is 59.7 Å². The fourth-order valence-electron chi connectivity index (χ4n) is 8.50. The molecule has 0 saturated carbocycles. The van der Waals surface area contributed by atoms with Crippen LogP contribution in [0.4, 0.5) is 0 Å². The lowest BCUT2D eigenvalue weighted by Crippen LogP contribution is -2.62. The van der Waals surface area contributed by atoms with Gasteiger partial charge in [0.05, 0.1) is 52.4 Å². The molecule has 366 valence electrons. The van der Waals surface area contributed by atoms with Crippen LogP contribution >= 0.6 is 0 Å². The van der Waals surface area contributed by atoms with Gasteiger partial charge in [-0.1, -0.05) is 164 Å². The summed E-state index contributed by atoms with van der Waals surface area (Å²) in [6.45, 7) is 6.04. The van der Waals surface area contributed by atoms with Gasteiger partial charge in [-0.05, 0) is 58.9 Å². The lowest BCUT2D eigenvalue weighted by Gasteiger charge is -2.46. The largest absolute Gasteiger partial charge is 0.489 e. The van der Waals surface area contributed by atoms with Gasteiger partial charge in [-0.2, -0.15) is 0 Å². The Kier molecular flexibility index (Phi) is 19.3. The summed E-state index contributed by atoms with van der Waals surface area (Å²) >= 11 is 0. The van der Waals surface area contributed by atoms with Crippen LogP contribution < -0.4 is 10.1 Å². The molecule has 1 heterocycles. The molecular weight excluding hydrogens is 887 g/mol. The van der Waals surface area contributed by atoms with Gasteiger partial charge in [-0.15, -0.1) is 0 Å². The van der Waals surface area contributed by atoms with E-state index in [1.165, 1.54) is 6.92 Å². The number of hydrogen-bond acceptors (Lipinski definition) is 11. The van der Waals surface area contributed by atoms with Gasteiger partial charge in [0.1, 0.15) is 36.8 Å². The smallest absolute Gasteiger partial charge is 0.344 e. The number of hydrogen-bond donors (Lipinski definition) is 1. The first kappa shape index (κ1) is 51.2. The lowest BCUT2D eigenvalue weighted by molar-refractivity contribution is -0.272. The third-order valence-corrected chi connectivity index (χ3v) is 11.9. The van der Waals surface area contributed by atoms with Crippen LogP contribution in [0.2, 0.25) is 0 Å². The fraction of sp³-hybridized carbons (Fsp3) is 0.328. The van der Waals surface area contributed by atoms with Crippen LogP contribution in [0, 0.1) is 0 Å². The summed E-state index contributed by atoms with van der Waals surface area (Å²) in [5.41, 5.74) is 3.99. The van der Waals surface area contributed by atoms with E-state index >= 15 is 0 Å². The van der Waals surface area contributed by atoms with Crippen LogP contribution in [0.15, 0.2) is 170 Å². The Hall–Kier alpha value is -6.67. The fourth-order valence-corrected chi connectivity index (χ4v) is 8.50. The Morgan fingerprint density at radius 2 is 0.943 bits per heavy atom. The number of esters is 2. The number of rotatable bonds is 25. The average molecular weight is 950 g/mol. The summed E-state index contributed by atoms with van der Waals surface area (Å²) in [5, 5.41) is 2.58. The first-order chi connectivity index (χ1) is 34.2. The zero-order valence-electron chi connectivity index (χ0n) is 40.1. The molecule has 1 N–H and O–H groups in total. The molecule has 12 heteroatoms. The van der Waals surface area contributed by atoms with Gasteiger partial charge in [0.2, 0.25) is 11.4 Å². The van der Waals surface area contributed by atoms with E-state index in [2.05, 4.69) is 5.32 Å². The average Bonchev–Trinajstić information content (AvgIpc) is 3.38. The molecular formula is C58H63NO11. The molecule has 5 atom stereocenters. The predicted octanol–water partition coefficient (Wildman–Crippen LogP) is 9.09. The Labute approximate surface area is 411 Å². The highest BCUT2D eigenvalue weighted by Crippen LogP contribution is 2.35. The van der Waals surface area contributed by atoms with E-state index in [1.807, 2.05) is 158 Å². The van der Waals surface area contributed by atoms with Crippen molar-refractivity contribution in [2.45, 2.75) is 103 Å². The van der Waals surface area contributed by atoms with Crippen molar-refractivity contribution in [2.75, 3.05) is 19.8 Å². The minimum atomic E-state index is -2.16. The van der Waals surface area contributed by atoms with Crippen LogP contribution in [0.3, 0.4) is 0 Å². The van der Waals surface area contributed by atoms with Gasteiger partial charge in [0, 0.05) is 19.8 Å². The van der Waals surface area contributed by atoms with Crippen LogP contribution in [0.25, 0.3) is 0 Å². The van der Waals surface area contributed by atoms with Gasteiger partial charge in [0.15, 0.2) is 0 Å². The van der Waals surface area contributed by atoms with Crippen molar-refractivity contribution in [3.8, 4) is 5.75 Å². The molecule has 12 nitrogen and oxygen atoms in total. The van der Waals surface area contributed by atoms with E-state index < -0.39 is 53.9 Å². The van der Waals surface area contributed by atoms with Gasteiger partial charge < -0.3 is 43.2 Å². The first-order valence-electron chi connectivity index (χ1n) is 23.9. The number of carbonyl (C=O) groups excluding carboxylic acids is 3. The third-order valence-electron chi connectivity index (χ3n) is 11.9. The Bertz CT molecular complexity index is 2490. The molecule has 1 fully saturated rings. The van der Waals surface area contributed by atoms with Crippen molar-refractivity contribution in [1.29, 1.82) is 0 Å². The summed E-state index contributed by atoms with van der Waals surface area (Å²) in [7, 11) is 0. The third kappa shape index (κ3) is 14.4. The minimum Gasteiger partial charge on any atom is -0.489 e. The molecule has 7 rings (SSSR count). The van der Waals surface area contributed by atoms with Gasteiger partial charge in [0.25, 0.3) is 0 Å². The zero-order chi connectivity index (χ0) is 49.0. The number of ether oxygens (including phenoxy) is 8. The summed E-state index contributed by atoms with van der Waals surface area (Å²) in [6, 6.07) is 55.1. The normalized spacial score (nSPS) is 17.8. The molecule has 1 aliphatic heterocycles. The van der Waals surface area contributed by atoms with E-state index in [9.17, 15) is 14.4 Å². The molecule has 6 aromatic rings. The van der Waals surface area contributed by atoms with Crippen molar-refractivity contribution >= 4 is 17.8 Å². The number of carbonyl (C=O) groups is 3. The SMILES string of the molecule is CCOC(=O)C(Cc1ccc(C[C@H]2O[C@H](COCc3ccccc3)[C@@H](OCc3ccccc3)[C@H](OCc3ccccc3)[C@H]2OCc2ccccc2)c(OCc2ccccc2)c1)(NC(C)=O)C(=O)OCC. The first-order valence-corrected chi connectivity index (χ1v) is 23.9. The highest BCUT2D eigenvalue weighted by molar-refractivity contribution is 6.08. The highest BCUT2D eigenvalue weighted by Gasteiger charge is 2.51. The van der Waals surface area contributed by atoms with Crippen molar-refractivity contribution in [3.05, 3.63) is 209 Å². The molecule has 0 aromatic heterocycles. The van der Waals surface area contributed by atoms with Gasteiger partial charge >= 0.3 is 11.9 Å². The second-order valence-corrected chi connectivity index (χ2v) is 17.1. The van der Waals surface area contributed by atoms with E-state index in [4.69, 9.17) is 37.9 Å². The van der Waals surface area contributed by atoms with Crippen molar-refractivity contribution in [1.82, 2.24) is 5.32 Å². The molecule has 6 aromatic carbocycles. The van der Waals surface area contributed by atoms with E-state index in [1.54, 1.807) is 26.0 Å². The van der Waals surface area contributed by atoms with Crippen molar-refractivity contribution < 1.29 is 52.3 Å². The van der Waals surface area contributed by atoms with Crippen molar-refractivity contribution in [3.63, 3.8) is 0 Å². The van der Waals surface area contributed by atoms with Crippen LogP contribution in [-0.2, 0) is 93.4 Å². The van der Waals surface area contributed by atoms with E-state index in [-0.39, 0.29) is 52.5 Å². The molecule has 70 heavy (non-hydrogen) atoms. The van der Waals surface area contributed by atoms with E-state index in [0.29, 0.717) is 24.5 Å². The summed E-state index contributed by atoms with van der Waals surface area (Å²) < 4.78 is 52.1. The predicted molar refractivity (Wildman–Crippen MR) is 264 cm³/mol.